The number of rotatable bonds is 26. The molecule has 75 heavy (non-hydrogen) atoms. The third-order valence-corrected chi connectivity index (χ3v) is 18.7. The molecule has 0 aromatic heterocycles. The first-order valence-corrected chi connectivity index (χ1v) is 28.8. The Bertz CT molecular complexity index is 2270. The van der Waals surface area contributed by atoms with Crippen LogP contribution in [0.5, 0.6) is 11.5 Å². The number of amides is 1. The number of hydrogen-bond acceptors (Lipinski definition) is 10. The second-order valence-electron chi connectivity index (χ2n) is 23.3. The molecule has 0 aliphatic heterocycles. The van der Waals surface area contributed by atoms with E-state index in [9.17, 15) is 14.4 Å². The van der Waals surface area contributed by atoms with Gasteiger partial charge in [0.05, 0.1) is 33.7 Å². The normalized spacial score (nSPS) is 25.4. The Hall–Kier alpha value is -4.87. The summed E-state index contributed by atoms with van der Waals surface area (Å²) in [6.45, 7) is 20.2. The van der Waals surface area contributed by atoms with Gasteiger partial charge < -0.3 is 33.7 Å². The third-order valence-electron chi connectivity index (χ3n) is 18.7. The molecule has 7 rings (SSSR count). The maximum absolute atomic E-state index is 13.6. The van der Waals surface area contributed by atoms with Gasteiger partial charge in [-0.15, -0.1) is 0 Å². The number of nitrogens with one attached hydrogen (secondary N) is 1. The lowest BCUT2D eigenvalue weighted by Gasteiger charge is -2.58. The van der Waals surface area contributed by atoms with E-state index in [0.29, 0.717) is 35.7 Å². The van der Waals surface area contributed by atoms with Gasteiger partial charge in [0.2, 0.25) is 0 Å². The van der Waals surface area contributed by atoms with Crippen LogP contribution in [-0.2, 0) is 34.1 Å². The van der Waals surface area contributed by atoms with Gasteiger partial charge in [0.1, 0.15) is 29.3 Å². The summed E-state index contributed by atoms with van der Waals surface area (Å²) in [7, 11) is 3.28. The van der Waals surface area contributed by atoms with Crippen molar-refractivity contribution in [2.45, 2.75) is 176 Å². The maximum Gasteiger partial charge on any atom is 0.407 e. The lowest BCUT2D eigenvalue weighted by molar-refractivity contribution is -0.161. The van der Waals surface area contributed by atoms with Crippen LogP contribution in [0.3, 0.4) is 0 Å². The summed E-state index contributed by atoms with van der Waals surface area (Å²) in [5.41, 5.74) is 3.68. The summed E-state index contributed by atoms with van der Waals surface area (Å²) in [6.07, 6.45) is 14.5. The van der Waals surface area contributed by atoms with E-state index < -0.39 is 36.0 Å². The van der Waals surface area contributed by atoms with E-state index in [-0.39, 0.29) is 37.5 Å². The van der Waals surface area contributed by atoms with Crippen molar-refractivity contribution in [1.82, 2.24) is 10.2 Å². The van der Waals surface area contributed by atoms with Gasteiger partial charge in [-0.1, -0.05) is 134 Å². The van der Waals surface area contributed by atoms with Crippen molar-refractivity contribution in [1.29, 1.82) is 0 Å². The molecule has 11 nitrogen and oxygen atoms in total. The highest BCUT2D eigenvalue weighted by molar-refractivity contribution is 5.77. The second kappa shape index (κ2) is 26.5. The molecule has 10 atom stereocenters. The zero-order valence-corrected chi connectivity index (χ0v) is 47.3. The highest BCUT2D eigenvalue weighted by Gasteiger charge is 2.59. The van der Waals surface area contributed by atoms with Gasteiger partial charge in [-0.05, 0) is 152 Å². The Morgan fingerprint density at radius 3 is 1.96 bits per heavy atom. The van der Waals surface area contributed by atoms with E-state index in [1.54, 1.807) is 14.2 Å². The summed E-state index contributed by atoms with van der Waals surface area (Å²) in [4.78, 5) is 42.1. The molecular formula is C64H92N2O9. The number of nitrogens with zero attached hydrogens (tertiary/aromatic N) is 1. The molecule has 1 amide bonds. The largest absolute Gasteiger partial charge is 0.497 e. The number of fused-ring (bicyclic) bond motifs is 5. The minimum atomic E-state index is -1.07. The summed E-state index contributed by atoms with van der Waals surface area (Å²) in [5.74, 6) is 5.09. The number of methoxy groups -OCH3 is 2. The first kappa shape index (κ1) is 57.8. The molecule has 5 unspecified atom stereocenters. The molecule has 412 valence electrons. The lowest BCUT2D eigenvalue weighted by Crippen LogP contribution is -2.51. The van der Waals surface area contributed by atoms with Crippen molar-refractivity contribution in [3.8, 4) is 11.5 Å². The van der Waals surface area contributed by atoms with Gasteiger partial charge in [0.25, 0.3) is 0 Å². The van der Waals surface area contributed by atoms with Crippen LogP contribution in [0.4, 0.5) is 4.79 Å². The zero-order chi connectivity index (χ0) is 53.8. The van der Waals surface area contributed by atoms with Crippen LogP contribution in [0.2, 0.25) is 0 Å². The number of ether oxygens (including phenoxy) is 6. The van der Waals surface area contributed by atoms with E-state index in [1.807, 2.05) is 105 Å². The van der Waals surface area contributed by atoms with E-state index in [1.165, 1.54) is 50.5 Å². The van der Waals surface area contributed by atoms with Crippen LogP contribution in [0.25, 0.3) is 0 Å². The van der Waals surface area contributed by atoms with Crippen molar-refractivity contribution in [3.05, 3.63) is 107 Å². The summed E-state index contributed by atoms with van der Waals surface area (Å²) in [5, 5.41) is 3.01. The Morgan fingerprint density at radius 1 is 0.720 bits per heavy atom. The van der Waals surface area contributed by atoms with Crippen LogP contribution < -0.4 is 14.8 Å². The Balaban J connectivity index is 1.00. The Labute approximate surface area is 450 Å². The molecule has 4 aliphatic rings. The molecule has 0 spiro atoms. The van der Waals surface area contributed by atoms with Crippen LogP contribution in [0.1, 0.15) is 168 Å². The molecule has 3 aromatic rings. The van der Waals surface area contributed by atoms with E-state index in [0.717, 1.165) is 85.1 Å². The van der Waals surface area contributed by atoms with Gasteiger partial charge in [-0.3, -0.25) is 14.5 Å². The Morgan fingerprint density at radius 2 is 1.35 bits per heavy atom. The molecule has 0 radical (unpaired) electrons. The highest BCUT2D eigenvalue weighted by Crippen LogP contribution is 2.67. The van der Waals surface area contributed by atoms with Crippen LogP contribution >= 0.6 is 0 Å². The number of hydrogen-bond donors (Lipinski definition) is 1. The van der Waals surface area contributed by atoms with Crippen LogP contribution in [0.15, 0.2) is 90.5 Å². The first-order valence-electron chi connectivity index (χ1n) is 28.8. The van der Waals surface area contributed by atoms with Crippen molar-refractivity contribution >= 4 is 18.0 Å². The molecule has 3 fully saturated rings. The van der Waals surface area contributed by atoms with Crippen molar-refractivity contribution < 1.29 is 42.8 Å². The summed E-state index contributed by atoms with van der Waals surface area (Å²) >= 11 is 0. The average molecular weight is 1030 g/mol. The van der Waals surface area contributed by atoms with E-state index >= 15 is 0 Å². The van der Waals surface area contributed by atoms with E-state index in [2.05, 4.69) is 46.0 Å². The minimum absolute atomic E-state index is 0.110. The number of alkyl carbamates (subject to hydrolysis) is 1. The second-order valence-corrected chi connectivity index (χ2v) is 23.3. The molecule has 0 saturated heterocycles. The molecule has 11 heteroatoms. The quantitative estimate of drug-likeness (QED) is 0.0273. The smallest absolute Gasteiger partial charge is 0.407 e. The van der Waals surface area contributed by atoms with E-state index in [4.69, 9.17) is 28.4 Å². The number of esters is 2. The number of allylic oxidation sites excluding steroid dienone is 1. The average Bonchev–Trinajstić information content (AvgIpc) is 3.80. The molecule has 4 aliphatic carbocycles. The van der Waals surface area contributed by atoms with Gasteiger partial charge in [-0.25, -0.2) is 4.79 Å². The van der Waals surface area contributed by atoms with Crippen molar-refractivity contribution in [3.63, 3.8) is 0 Å². The lowest BCUT2D eigenvalue weighted by atomic mass is 9.47. The first-order chi connectivity index (χ1) is 36.1. The summed E-state index contributed by atoms with van der Waals surface area (Å²) in [6, 6.07) is 25.7. The van der Waals surface area contributed by atoms with Crippen molar-refractivity contribution in [2.75, 3.05) is 40.5 Å². The fourth-order valence-electron chi connectivity index (χ4n) is 14.5. The third kappa shape index (κ3) is 13.6. The molecular weight excluding hydrogens is 941 g/mol. The molecule has 0 bridgehead atoms. The summed E-state index contributed by atoms with van der Waals surface area (Å²) < 4.78 is 36.2. The van der Waals surface area contributed by atoms with Crippen LogP contribution in [-0.4, -0.2) is 81.8 Å². The SMILES string of the molecule is CCN(CC)C(C)OC(=O)CCC(=O)OC(CCNC(=O)O[C@H]1CC[C@@]2(C)C(=CCC3C2CC[C@@]2(C)C3CC[C@@H]2[C@H](C)CCCC(C)C)C1)CCOC(c1ccccc1)(c1ccc(OC)cc1)c1ccc(OC)cc1. The standard InChI is InChI=1S/C64H92N2O9/c1-11-66(12-2)46(6)73-59(67)33-34-60(68)74-53(38-42-72-64(47-19-14-13-15-20-47,48-21-26-51(70-9)27-22-48)49-23-28-52(71-10)29-24-49)37-41-65-61(69)75-54-35-39-62(7)50(43-54)25-30-55-57-32-31-56(45(5)18-16-17-44(3)4)63(57,8)40-36-58(55)62/h13-15,19-29,44-46,53-58H,11-12,16-18,30-43H2,1-10H3,(H,65,69)/t45-,46?,53?,54+,55?,56-,57?,58?,62+,63-/m1/s1. The predicted molar refractivity (Wildman–Crippen MR) is 296 cm³/mol. The monoisotopic (exact) mass is 1030 g/mol. The zero-order valence-electron chi connectivity index (χ0n) is 47.3. The number of benzene rings is 3. The molecule has 3 saturated carbocycles. The number of carbonyl (C=O) groups excluding carboxylic acids is 3. The van der Waals surface area contributed by atoms with Gasteiger partial charge >= 0.3 is 18.0 Å². The molecule has 0 heterocycles. The number of carbonyl (C=O) groups is 3. The minimum Gasteiger partial charge on any atom is -0.497 e. The van der Waals surface area contributed by atoms with Crippen molar-refractivity contribution in [2.24, 2.45) is 46.3 Å². The topological polar surface area (TPSA) is 122 Å². The van der Waals surface area contributed by atoms with Crippen LogP contribution in [0, 0.1) is 46.3 Å². The van der Waals surface area contributed by atoms with Gasteiger partial charge in [0, 0.05) is 25.8 Å². The fraction of sp³-hybridized carbons (Fsp3) is 0.641. The maximum atomic E-state index is 13.6. The molecule has 3 aromatic carbocycles. The Kier molecular flexibility index (Phi) is 20.4. The predicted octanol–water partition coefficient (Wildman–Crippen LogP) is 13.9. The van der Waals surface area contributed by atoms with Gasteiger partial charge in [0.15, 0.2) is 6.23 Å². The molecule has 1 N–H and O–H groups in total. The highest BCUT2D eigenvalue weighted by atomic mass is 16.6. The fourth-order valence-corrected chi connectivity index (χ4v) is 14.5. The van der Waals surface area contributed by atoms with Gasteiger partial charge in [-0.2, -0.15) is 0 Å².